The molecule has 1 N–H and O–H groups in total. The molecule has 0 aliphatic carbocycles. The number of rotatable bonds is 1. The standard InChI is InChI=1S/C3H6O2/c1-2-3(4)5/h2H2,1H3,(H,4,5)/i1+1,2+1,3+1. The van der Waals surface area contributed by atoms with Crippen LogP contribution in [0.1, 0.15) is 13.3 Å². The Bertz CT molecular complexity index is 40.2. The van der Waals surface area contributed by atoms with E-state index in [4.69, 9.17) is 5.11 Å². The van der Waals surface area contributed by atoms with Gasteiger partial charge in [0, 0.05) is 6.42 Å². The number of carboxylic acid groups (broad SMARTS) is 1. The van der Waals surface area contributed by atoms with Gasteiger partial charge in [-0.2, -0.15) is 0 Å². The molecule has 0 saturated heterocycles. The summed E-state index contributed by atoms with van der Waals surface area (Å²) in [6.07, 6.45) is 0.222. The van der Waals surface area contributed by atoms with Gasteiger partial charge in [-0.25, -0.2) is 0 Å². The van der Waals surface area contributed by atoms with Crippen LogP contribution in [0.4, 0.5) is 0 Å². The highest BCUT2D eigenvalue weighted by Crippen LogP contribution is 1.67. The van der Waals surface area contributed by atoms with Gasteiger partial charge in [-0.1, -0.05) is 6.92 Å². The van der Waals surface area contributed by atoms with Crippen LogP contribution in [0.2, 0.25) is 0 Å². The van der Waals surface area contributed by atoms with Crippen molar-refractivity contribution >= 4 is 5.97 Å². The van der Waals surface area contributed by atoms with Crippen molar-refractivity contribution in [2.75, 3.05) is 0 Å². The third-order valence-corrected chi connectivity index (χ3v) is 0.302. The molecule has 0 aromatic carbocycles. The van der Waals surface area contributed by atoms with E-state index >= 15 is 0 Å². The lowest BCUT2D eigenvalue weighted by Crippen LogP contribution is -1.86. The molecule has 0 bridgehead atoms. The van der Waals surface area contributed by atoms with Gasteiger partial charge in [-0.15, -0.1) is 0 Å². The van der Waals surface area contributed by atoms with Crippen molar-refractivity contribution in [3.8, 4) is 0 Å². The largest absolute Gasteiger partial charge is 0.481 e. The number of aliphatic carboxylic acids is 1. The maximum absolute atomic E-state index is 9.37. The minimum atomic E-state index is -0.745. The minimum absolute atomic E-state index is 0.222. The second kappa shape index (κ2) is 1.76. The monoisotopic (exact) mass is 77.0 g/mol. The van der Waals surface area contributed by atoms with Crippen LogP contribution in [-0.2, 0) is 4.79 Å². The quantitative estimate of drug-likeness (QED) is 0.462. The summed E-state index contributed by atoms with van der Waals surface area (Å²) in [5.74, 6) is -0.745. The Kier molecular flexibility index (Phi) is 1.57. The number of carboxylic acids is 1. The molecule has 0 heterocycles. The third kappa shape index (κ3) is 3.47. The van der Waals surface area contributed by atoms with Gasteiger partial charge in [-0.3, -0.25) is 4.79 Å². The Hall–Kier alpha value is -0.530. The molecule has 0 aliphatic heterocycles. The highest BCUT2D eigenvalue weighted by atomic mass is 16.5. The first-order valence-corrected chi connectivity index (χ1v) is 1.49. The molecule has 0 atom stereocenters. The maximum Gasteiger partial charge on any atom is 0.303 e. The Balaban J connectivity index is 2.85. The van der Waals surface area contributed by atoms with Gasteiger partial charge in [0.15, 0.2) is 0 Å². The van der Waals surface area contributed by atoms with Crippen LogP contribution in [0.25, 0.3) is 0 Å². The van der Waals surface area contributed by atoms with E-state index in [0.717, 1.165) is 0 Å². The number of hydrogen-bond donors (Lipinski definition) is 1. The van der Waals surface area contributed by atoms with Crippen molar-refractivity contribution in [1.29, 1.82) is 0 Å². The van der Waals surface area contributed by atoms with Crippen LogP contribution < -0.4 is 0 Å². The smallest absolute Gasteiger partial charge is 0.303 e. The molecule has 0 rings (SSSR count). The molecule has 0 aromatic rings. The fraction of sp³-hybridized carbons (Fsp3) is 0.667. The van der Waals surface area contributed by atoms with E-state index in [2.05, 4.69) is 0 Å². The van der Waals surface area contributed by atoms with Crippen molar-refractivity contribution in [2.24, 2.45) is 0 Å². The second-order valence-electron chi connectivity index (χ2n) is 0.747. The number of carbonyl (C=O) groups is 1. The lowest BCUT2D eigenvalue weighted by atomic mass is 11.5. The summed E-state index contributed by atoms with van der Waals surface area (Å²) in [6, 6.07) is 0. The first-order chi connectivity index (χ1) is 2.27. The normalized spacial score (nSPS) is 7.40. The molecule has 0 spiro atoms. The highest BCUT2D eigenvalue weighted by Gasteiger charge is 1.80. The van der Waals surface area contributed by atoms with E-state index in [9.17, 15) is 4.79 Å². The van der Waals surface area contributed by atoms with Crippen LogP contribution >= 0.6 is 0 Å². The SMILES string of the molecule is [13CH3][13CH2][13C](=O)O. The van der Waals surface area contributed by atoms with Gasteiger partial charge in [0.05, 0.1) is 0 Å². The lowest BCUT2D eigenvalue weighted by Gasteiger charge is -1.71. The molecule has 0 aromatic heterocycles. The molecule has 30 valence electrons. The molecule has 0 unspecified atom stereocenters. The molecular formula is C3H6O2. The zero-order valence-corrected chi connectivity index (χ0v) is 3.06. The second-order valence-corrected chi connectivity index (χ2v) is 0.747. The lowest BCUT2D eigenvalue weighted by molar-refractivity contribution is -0.136. The summed E-state index contributed by atoms with van der Waals surface area (Å²) in [5.41, 5.74) is 0. The third-order valence-electron chi connectivity index (χ3n) is 0.302. The Morgan fingerprint density at radius 3 is 2.20 bits per heavy atom. The van der Waals surface area contributed by atoms with E-state index in [1.165, 1.54) is 0 Å². The highest BCUT2D eigenvalue weighted by molar-refractivity contribution is 5.66. The van der Waals surface area contributed by atoms with Crippen LogP contribution in [0.3, 0.4) is 0 Å². The Morgan fingerprint density at radius 1 is 2.00 bits per heavy atom. The zero-order valence-electron chi connectivity index (χ0n) is 3.06. The molecule has 5 heavy (non-hydrogen) atoms. The molecular weight excluding hydrogens is 71.0 g/mol. The van der Waals surface area contributed by atoms with Crippen molar-refractivity contribution in [3.63, 3.8) is 0 Å². The predicted molar refractivity (Wildman–Crippen MR) is 17.9 cm³/mol. The van der Waals surface area contributed by atoms with Crippen LogP contribution in [-0.4, -0.2) is 11.1 Å². The summed E-state index contributed by atoms with van der Waals surface area (Å²) < 4.78 is 0. The fourth-order valence-electron chi connectivity index (χ4n) is 0. The zero-order chi connectivity index (χ0) is 4.28. The first kappa shape index (κ1) is 4.47. The molecule has 2 nitrogen and oxygen atoms in total. The molecule has 0 radical (unpaired) electrons. The van der Waals surface area contributed by atoms with E-state index in [0.29, 0.717) is 0 Å². The van der Waals surface area contributed by atoms with Crippen molar-refractivity contribution in [3.05, 3.63) is 0 Å². The van der Waals surface area contributed by atoms with Crippen molar-refractivity contribution in [1.82, 2.24) is 0 Å². The fourth-order valence-corrected chi connectivity index (χ4v) is 0. The summed E-state index contributed by atoms with van der Waals surface area (Å²) in [5, 5.41) is 7.72. The van der Waals surface area contributed by atoms with E-state index in [-0.39, 0.29) is 6.42 Å². The molecule has 2 heteroatoms. The van der Waals surface area contributed by atoms with E-state index < -0.39 is 5.97 Å². The molecule has 0 saturated carbocycles. The summed E-state index contributed by atoms with van der Waals surface area (Å²) in [4.78, 5) is 9.37. The van der Waals surface area contributed by atoms with Crippen LogP contribution in [0.15, 0.2) is 0 Å². The average Bonchev–Trinajstić information content (AvgIpc) is 1.38. The van der Waals surface area contributed by atoms with Crippen molar-refractivity contribution in [2.45, 2.75) is 13.3 Å². The van der Waals surface area contributed by atoms with E-state index in [1.54, 1.807) is 6.92 Å². The van der Waals surface area contributed by atoms with Gasteiger partial charge >= 0.3 is 5.97 Å². The summed E-state index contributed by atoms with van der Waals surface area (Å²) >= 11 is 0. The van der Waals surface area contributed by atoms with Gasteiger partial charge < -0.3 is 5.11 Å². The number of hydrogen-bond acceptors (Lipinski definition) is 1. The van der Waals surface area contributed by atoms with Crippen molar-refractivity contribution < 1.29 is 9.90 Å². The predicted octanol–water partition coefficient (Wildman–Crippen LogP) is 0.481. The first-order valence-electron chi connectivity index (χ1n) is 1.49. The minimum Gasteiger partial charge on any atom is -0.481 e. The van der Waals surface area contributed by atoms with Gasteiger partial charge in [0.1, 0.15) is 0 Å². The van der Waals surface area contributed by atoms with Crippen LogP contribution in [0, 0.1) is 0 Å². The summed E-state index contributed by atoms with van der Waals surface area (Å²) in [7, 11) is 0. The average molecular weight is 77.1 g/mol. The van der Waals surface area contributed by atoms with Crippen LogP contribution in [0.5, 0.6) is 0 Å². The van der Waals surface area contributed by atoms with Gasteiger partial charge in [0.25, 0.3) is 0 Å². The van der Waals surface area contributed by atoms with E-state index in [1.807, 2.05) is 0 Å². The van der Waals surface area contributed by atoms with Gasteiger partial charge in [0.2, 0.25) is 0 Å². The Morgan fingerprint density at radius 2 is 2.20 bits per heavy atom. The Labute approximate surface area is 30.4 Å². The van der Waals surface area contributed by atoms with Gasteiger partial charge in [-0.05, 0) is 0 Å². The topological polar surface area (TPSA) is 37.3 Å². The maximum atomic E-state index is 9.37. The molecule has 0 fully saturated rings. The summed E-state index contributed by atoms with van der Waals surface area (Å²) in [6.45, 7) is 1.60. The molecule has 0 aliphatic rings. The molecule has 0 amide bonds.